The molecular formula is C101H110N24O10S. The van der Waals surface area contributed by atoms with Crippen LogP contribution in [-0.2, 0) is 25.7 Å². The molecule has 0 spiro atoms. The lowest BCUT2D eigenvalue weighted by molar-refractivity contribution is 0.0443. The van der Waals surface area contributed by atoms with E-state index < -0.39 is 16.8 Å². The molecule has 3 aromatic carbocycles. The molecule has 0 radical (unpaired) electrons. The van der Waals surface area contributed by atoms with Gasteiger partial charge in [-0.05, 0) is 171 Å². The fourth-order valence-electron chi connectivity index (χ4n) is 18.6. The lowest BCUT2D eigenvalue weighted by atomic mass is 9.94. The maximum atomic E-state index is 10.6. The Bertz CT molecular complexity index is 6540. The number of ether oxygens (including phenoxy) is 7. The summed E-state index contributed by atoms with van der Waals surface area (Å²) in [5.74, 6) is 8.14. The highest BCUT2D eigenvalue weighted by molar-refractivity contribution is 7.15. The zero-order valence-electron chi connectivity index (χ0n) is 77.4. The summed E-state index contributed by atoms with van der Waals surface area (Å²) in [5.41, 5.74) is 17.7. The van der Waals surface area contributed by atoms with Crippen molar-refractivity contribution in [1.29, 1.82) is 0 Å². The number of pyridine rings is 4. The quantitative estimate of drug-likeness (QED) is 0.0395. The van der Waals surface area contributed by atoms with Crippen molar-refractivity contribution in [2.24, 2.45) is 0 Å². The van der Waals surface area contributed by atoms with Gasteiger partial charge in [0.05, 0.1) is 116 Å². The predicted molar refractivity (Wildman–Crippen MR) is 525 cm³/mol. The van der Waals surface area contributed by atoms with Gasteiger partial charge in [0, 0.05) is 224 Å². The summed E-state index contributed by atoms with van der Waals surface area (Å²) in [6.45, 7) is 17.2. The van der Waals surface area contributed by atoms with Gasteiger partial charge in [0.15, 0.2) is 45.9 Å². The Morgan fingerprint density at radius 2 is 0.662 bits per heavy atom. The number of aryl methyl sites for hydroxylation is 4. The Morgan fingerprint density at radius 1 is 0.368 bits per heavy atom. The first-order valence-corrected chi connectivity index (χ1v) is 47.3. The van der Waals surface area contributed by atoms with E-state index in [0.29, 0.717) is 68.6 Å². The van der Waals surface area contributed by atoms with Crippen LogP contribution in [-0.4, -0.2) is 202 Å². The van der Waals surface area contributed by atoms with E-state index in [1.54, 1.807) is 57.5 Å². The zero-order valence-corrected chi connectivity index (χ0v) is 78.2. The van der Waals surface area contributed by atoms with Crippen molar-refractivity contribution < 1.29 is 48.5 Å². The highest BCUT2D eigenvalue weighted by atomic mass is 32.1. The standard InChI is InChI=1S/3C27H30N6O3.C20H20N6OS/c3*1-27(34)8-4-10-33(17-27)22-7-6-20(14-23(22)35-2)30-24-25-28-9-11-32(25)16-21(31-24)19-13-18-5-3-12-36-26(18)29-15-19;1-12(2)20-23-10-16(28-20)25-17-18-21-5-6-26(18)11-15(24-17)14-8-13-4-3-7-27-19(13)22-9-14/h3*6-7,9,11,13-16,34H,3-5,8,10,12,17H2,1-2H3,(H,30,31);5-6,8-12H,3-4,7H2,1-2H3,(H,24,25)/t2*27-;;/m10../s1. The Hall–Kier alpha value is -14.6. The Kier molecular flexibility index (Phi) is 25.2. The molecule has 13 aromatic heterocycles. The topological polar surface area (TPSA) is 368 Å². The molecule has 0 aliphatic carbocycles. The van der Waals surface area contributed by atoms with Gasteiger partial charge in [0.2, 0.25) is 23.5 Å². The van der Waals surface area contributed by atoms with Gasteiger partial charge in [0.1, 0.15) is 22.2 Å². The Labute approximate surface area is 790 Å². The van der Waals surface area contributed by atoms with Gasteiger partial charge in [-0.15, -0.1) is 11.3 Å². The van der Waals surface area contributed by atoms with Gasteiger partial charge in [-0.2, -0.15) is 0 Å². The average molecular weight is 1850 g/mol. The van der Waals surface area contributed by atoms with E-state index >= 15 is 0 Å². The predicted octanol–water partition coefficient (Wildman–Crippen LogP) is 17.1. The van der Waals surface area contributed by atoms with Gasteiger partial charge < -0.3 is 102 Å². The molecule has 700 valence electrons. The number of methoxy groups -OCH3 is 3. The number of aliphatic hydroxyl groups is 3. The highest BCUT2D eigenvalue weighted by Crippen LogP contribution is 2.43. The van der Waals surface area contributed by atoms with Crippen LogP contribution in [0.2, 0.25) is 0 Å². The molecule has 0 amide bonds. The van der Waals surface area contributed by atoms with Crippen LogP contribution < -0.4 is 69.1 Å². The molecule has 7 aliphatic heterocycles. The third kappa shape index (κ3) is 19.7. The van der Waals surface area contributed by atoms with Crippen molar-refractivity contribution in [3.8, 4) is 85.8 Å². The van der Waals surface area contributed by atoms with Crippen LogP contribution in [0.15, 0.2) is 184 Å². The number of hydrogen-bond acceptors (Lipinski definition) is 31. The van der Waals surface area contributed by atoms with Gasteiger partial charge in [-0.25, -0.2) is 64.8 Å². The second-order valence-corrected chi connectivity index (χ2v) is 37.6. The van der Waals surface area contributed by atoms with Crippen LogP contribution >= 0.6 is 11.3 Å². The number of imidazole rings is 4. The molecule has 3 fully saturated rings. The van der Waals surface area contributed by atoms with Crippen LogP contribution in [0.1, 0.15) is 132 Å². The summed E-state index contributed by atoms with van der Waals surface area (Å²) >= 11 is 1.64. The fraction of sp³-hybridized carbons (Fsp3) is 0.356. The minimum absolute atomic E-state index is 0.398. The molecule has 20 heterocycles. The van der Waals surface area contributed by atoms with E-state index in [4.69, 9.17) is 53.1 Å². The summed E-state index contributed by atoms with van der Waals surface area (Å²) in [6, 6.07) is 26.5. The molecule has 7 aliphatic rings. The number of nitrogens with zero attached hydrogens (tertiary/aromatic N) is 20. The molecule has 3 atom stereocenters. The van der Waals surface area contributed by atoms with Gasteiger partial charge in [-0.3, -0.25) is 0 Å². The minimum Gasteiger partial charge on any atom is -0.495 e. The third-order valence-corrected chi connectivity index (χ3v) is 26.5. The lowest BCUT2D eigenvalue weighted by Crippen LogP contribution is -2.46. The molecule has 35 heteroatoms. The first kappa shape index (κ1) is 89.3. The molecule has 0 saturated carbocycles. The number of fused-ring (bicyclic) bond motifs is 8. The van der Waals surface area contributed by atoms with E-state index in [0.717, 1.165) is 291 Å². The third-order valence-electron chi connectivity index (χ3n) is 25.3. The second kappa shape index (κ2) is 38.4. The zero-order chi connectivity index (χ0) is 93.2. The number of aromatic nitrogens is 17. The number of hydrogen-bond donors (Lipinski definition) is 7. The van der Waals surface area contributed by atoms with E-state index in [9.17, 15) is 15.3 Å². The molecule has 34 nitrogen and oxygen atoms in total. The number of thiazole rings is 1. The number of β-amino-alcohol motifs (C(OH)–C–C–N with tert-alkyl or cyclic N) is 3. The smallest absolute Gasteiger partial charge is 0.216 e. The maximum Gasteiger partial charge on any atom is 0.216 e. The Balaban J connectivity index is 0.000000113. The monoisotopic (exact) mass is 1850 g/mol. The number of nitrogens with one attached hydrogen (secondary N) is 4. The van der Waals surface area contributed by atoms with Gasteiger partial charge in [-0.1, -0.05) is 13.8 Å². The van der Waals surface area contributed by atoms with Crippen LogP contribution in [0.25, 0.3) is 67.6 Å². The number of rotatable bonds is 19. The SMILES string of the molecule is CC(C)c1ncc(Nc2nc(-c3cnc4c(c3)CCCO4)cn3ccnc23)s1.COc1cc(Nc2nc(-c3cnc4c(c3)CCCO4)cn3ccnc23)ccc1N1CCCC(C)(O)C1.COc1cc(Nc2nc(-c3cnc4c(c3)CCCO4)cn3ccnc23)ccc1N1CCC[C@@](C)(O)C1.COc1cc(Nc2nc(-c3cnc4c(c3)CCCO4)cn3ccnc23)ccc1N1CCC[C@](C)(O)C1. The van der Waals surface area contributed by atoms with Crippen molar-refractivity contribution >= 4 is 96.3 Å². The minimum atomic E-state index is -0.700. The summed E-state index contributed by atoms with van der Waals surface area (Å²) in [5, 5.41) is 47.4. The summed E-state index contributed by atoms with van der Waals surface area (Å²) in [6.07, 6.45) is 44.7. The van der Waals surface area contributed by atoms with Crippen LogP contribution in [0.3, 0.4) is 0 Å². The van der Waals surface area contributed by atoms with Gasteiger partial charge >= 0.3 is 0 Å². The largest absolute Gasteiger partial charge is 0.495 e. The van der Waals surface area contributed by atoms with Crippen molar-refractivity contribution in [1.82, 2.24) is 82.4 Å². The van der Waals surface area contributed by atoms with Crippen LogP contribution in [0.5, 0.6) is 40.8 Å². The lowest BCUT2D eigenvalue weighted by Gasteiger charge is -2.38. The van der Waals surface area contributed by atoms with Crippen molar-refractivity contribution in [2.45, 2.75) is 147 Å². The molecule has 136 heavy (non-hydrogen) atoms. The average Bonchev–Trinajstić information content (AvgIpc) is 1.56. The summed E-state index contributed by atoms with van der Waals surface area (Å²) in [7, 11) is 5.01. The molecular weight excluding hydrogens is 1740 g/mol. The number of piperidine rings is 3. The highest BCUT2D eigenvalue weighted by Gasteiger charge is 2.34. The first-order valence-electron chi connectivity index (χ1n) is 46.5. The molecule has 16 aromatic rings. The van der Waals surface area contributed by atoms with E-state index in [1.807, 2.05) is 174 Å². The molecule has 0 bridgehead atoms. The maximum absolute atomic E-state index is 10.6. The number of anilines is 11. The van der Waals surface area contributed by atoms with E-state index in [2.05, 4.69) is 119 Å². The molecule has 3 saturated heterocycles. The Morgan fingerprint density at radius 3 is 0.934 bits per heavy atom. The summed E-state index contributed by atoms with van der Waals surface area (Å²) in [4.78, 5) is 66.6. The van der Waals surface area contributed by atoms with E-state index in [1.165, 1.54) is 0 Å². The van der Waals surface area contributed by atoms with Crippen molar-refractivity contribution in [3.63, 3.8) is 0 Å². The van der Waals surface area contributed by atoms with Gasteiger partial charge in [0.25, 0.3) is 0 Å². The van der Waals surface area contributed by atoms with Crippen LogP contribution in [0, 0.1) is 0 Å². The number of benzene rings is 3. The van der Waals surface area contributed by atoms with Crippen molar-refractivity contribution in [2.75, 3.05) is 123 Å². The molecule has 23 rings (SSSR count). The normalized spacial score (nSPS) is 18.3. The first-order chi connectivity index (χ1) is 66.1. The van der Waals surface area contributed by atoms with Crippen LogP contribution in [0.4, 0.5) is 62.4 Å². The summed E-state index contributed by atoms with van der Waals surface area (Å²) < 4.78 is 47.7. The second-order valence-electron chi connectivity index (χ2n) is 36.5. The van der Waals surface area contributed by atoms with Crippen molar-refractivity contribution in [3.05, 3.63) is 211 Å². The molecule has 7 N–H and O–H groups in total. The molecule has 1 unspecified atom stereocenters. The fourth-order valence-corrected chi connectivity index (χ4v) is 19.4. The van der Waals surface area contributed by atoms with E-state index in [-0.39, 0.29) is 0 Å².